The molecule has 0 saturated carbocycles. The van der Waals surface area contributed by atoms with Crippen molar-refractivity contribution in [3.63, 3.8) is 0 Å². The second kappa shape index (κ2) is 9.19. The van der Waals surface area contributed by atoms with E-state index in [4.69, 9.17) is 4.84 Å². The second-order valence-electron chi connectivity index (χ2n) is 8.31. The molecule has 1 aromatic rings. The van der Waals surface area contributed by atoms with Gasteiger partial charge in [-0.05, 0) is 50.2 Å². The number of hydrogen-bond donors (Lipinski definition) is 0. The van der Waals surface area contributed by atoms with Gasteiger partial charge in [0.2, 0.25) is 0 Å². The summed E-state index contributed by atoms with van der Waals surface area (Å²) in [6, 6.07) is 11.4. The van der Waals surface area contributed by atoms with Gasteiger partial charge in [-0.3, -0.25) is 4.84 Å². The highest BCUT2D eigenvalue weighted by atomic mass is 16.7. The van der Waals surface area contributed by atoms with Gasteiger partial charge in [0.1, 0.15) is 6.10 Å². The van der Waals surface area contributed by atoms with Gasteiger partial charge >= 0.3 is 0 Å². The van der Waals surface area contributed by atoms with Crippen LogP contribution in [0.3, 0.4) is 0 Å². The van der Waals surface area contributed by atoms with Crippen LogP contribution in [0.25, 0.3) is 0 Å². The van der Waals surface area contributed by atoms with E-state index in [1.54, 1.807) is 5.57 Å². The van der Waals surface area contributed by atoms with Crippen molar-refractivity contribution >= 4 is 0 Å². The third-order valence-corrected chi connectivity index (χ3v) is 6.32. The van der Waals surface area contributed by atoms with Gasteiger partial charge in [0.25, 0.3) is 0 Å². The first kappa shape index (κ1) is 19.6. The maximum atomic E-state index is 6.64. The van der Waals surface area contributed by atoms with Crippen molar-refractivity contribution in [3.05, 3.63) is 47.5 Å². The molecule has 0 N–H and O–H groups in total. The average molecular weight is 356 g/mol. The third-order valence-electron chi connectivity index (χ3n) is 6.32. The Labute approximate surface area is 160 Å². The highest BCUT2D eigenvalue weighted by Crippen LogP contribution is 2.49. The van der Waals surface area contributed by atoms with Crippen LogP contribution in [0.4, 0.5) is 0 Å². The van der Waals surface area contributed by atoms with E-state index in [9.17, 15) is 0 Å². The van der Waals surface area contributed by atoms with Crippen LogP contribution in [0.5, 0.6) is 0 Å². The van der Waals surface area contributed by atoms with Crippen LogP contribution in [0.2, 0.25) is 0 Å². The number of allylic oxidation sites excluding steroid dienone is 1. The largest absolute Gasteiger partial charge is 0.290 e. The Kier molecular flexibility index (Phi) is 6.94. The Morgan fingerprint density at radius 1 is 1.08 bits per heavy atom. The first-order valence-corrected chi connectivity index (χ1v) is 10.9. The van der Waals surface area contributed by atoms with E-state index in [0.717, 1.165) is 0 Å². The molecule has 2 nitrogen and oxygen atoms in total. The number of hydroxylamine groups is 2. The quantitative estimate of drug-likeness (QED) is 0.358. The van der Waals surface area contributed by atoms with Gasteiger partial charge in [-0.2, -0.15) is 5.06 Å². The van der Waals surface area contributed by atoms with Gasteiger partial charge < -0.3 is 0 Å². The molecule has 2 fully saturated rings. The first-order chi connectivity index (χ1) is 12.7. The molecule has 0 spiro atoms. The van der Waals surface area contributed by atoms with Gasteiger partial charge in [0.15, 0.2) is 0 Å². The lowest BCUT2D eigenvalue weighted by molar-refractivity contribution is -0.206. The van der Waals surface area contributed by atoms with Gasteiger partial charge in [-0.15, -0.1) is 0 Å². The SMILES string of the molecule is CCCCC/C=C1\[C@H](CCCCC)ON2[C@H]1CC[C@]2(C)c1ccccc1. The molecule has 0 bridgehead atoms. The molecule has 0 aromatic heterocycles. The molecule has 2 aliphatic heterocycles. The van der Waals surface area contributed by atoms with Gasteiger partial charge in [0.05, 0.1) is 11.6 Å². The van der Waals surface area contributed by atoms with E-state index in [2.05, 4.69) is 62.2 Å². The van der Waals surface area contributed by atoms with Crippen molar-refractivity contribution in [3.8, 4) is 0 Å². The Balaban J connectivity index is 1.77. The minimum absolute atomic E-state index is 0.00788. The number of nitrogens with zero attached hydrogens (tertiary/aromatic N) is 1. The van der Waals surface area contributed by atoms with E-state index < -0.39 is 0 Å². The highest BCUT2D eigenvalue weighted by molar-refractivity contribution is 5.30. The standard InChI is InChI=1S/C24H37NO/c1-4-6-8-13-16-21-22-18-19-24(3,20-14-11-9-12-15-20)25(22)26-23(21)17-10-7-5-2/h9,11-12,14-16,22-23H,4-8,10,13,17-19H2,1-3H3/b21-16-/t22-,23-,24+/m0/s1. The summed E-state index contributed by atoms with van der Waals surface area (Å²) in [5, 5.41) is 2.37. The van der Waals surface area contributed by atoms with Crippen LogP contribution in [0.15, 0.2) is 42.0 Å². The van der Waals surface area contributed by atoms with Crippen LogP contribution >= 0.6 is 0 Å². The summed E-state index contributed by atoms with van der Waals surface area (Å²) in [5.74, 6) is 0. The van der Waals surface area contributed by atoms with Gasteiger partial charge in [-0.1, -0.05) is 82.4 Å². The predicted molar refractivity (Wildman–Crippen MR) is 110 cm³/mol. The number of fused-ring (bicyclic) bond motifs is 1. The summed E-state index contributed by atoms with van der Waals surface area (Å²) in [6.45, 7) is 6.93. The fourth-order valence-electron chi connectivity index (χ4n) is 4.69. The molecule has 0 amide bonds. The molecule has 0 unspecified atom stereocenters. The molecule has 2 saturated heterocycles. The second-order valence-corrected chi connectivity index (χ2v) is 8.31. The van der Waals surface area contributed by atoms with Crippen LogP contribution in [-0.4, -0.2) is 17.2 Å². The lowest BCUT2D eigenvalue weighted by Gasteiger charge is -2.34. The minimum atomic E-state index is 0.00788. The highest BCUT2D eigenvalue weighted by Gasteiger charge is 2.52. The normalized spacial score (nSPS) is 30.2. The summed E-state index contributed by atoms with van der Waals surface area (Å²) < 4.78 is 0. The number of unbranched alkanes of at least 4 members (excludes halogenated alkanes) is 5. The Morgan fingerprint density at radius 2 is 1.81 bits per heavy atom. The summed E-state index contributed by atoms with van der Waals surface area (Å²) in [6.07, 6.45) is 15.4. The molecular weight excluding hydrogens is 318 g/mol. The van der Waals surface area contributed by atoms with Crippen molar-refractivity contribution in [1.82, 2.24) is 5.06 Å². The van der Waals surface area contributed by atoms with Crippen LogP contribution < -0.4 is 0 Å². The lowest BCUT2D eigenvalue weighted by Crippen LogP contribution is -2.39. The van der Waals surface area contributed by atoms with Crippen molar-refractivity contribution in [2.45, 2.75) is 103 Å². The van der Waals surface area contributed by atoms with Crippen LogP contribution in [-0.2, 0) is 10.4 Å². The molecule has 144 valence electrons. The average Bonchev–Trinajstić information content (AvgIpc) is 3.18. The van der Waals surface area contributed by atoms with Gasteiger partial charge in [-0.25, -0.2) is 0 Å². The van der Waals surface area contributed by atoms with Crippen molar-refractivity contribution in [1.29, 1.82) is 0 Å². The zero-order valence-corrected chi connectivity index (χ0v) is 17.0. The van der Waals surface area contributed by atoms with E-state index in [0.29, 0.717) is 12.1 Å². The minimum Gasteiger partial charge on any atom is -0.290 e. The summed E-state index contributed by atoms with van der Waals surface area (Å²) in [4.78, 5) is 6.64. The molecule has 3 atom stereocenters. The van der Waals surface area contributed by atoms with Crippen LogP contribution in [0.1, 0.15) is 90.5 Å². The zero-order valence-electron chi connectivity index (χ0n) is 17.0. The number of rotatable bonds is 9. The first-order valence-electron chi connectivity index (χ1n) is 10.9. The number of hydrogen-bond acceptors (Lipinski definition) is 2. The fraction of sp³-hybridized carbons (Fsp3) is 0.667. The Hall–Kier alpha value is -1.12. The molecule has 0 aliphatic carbocycles. The van der Waals surface area contributed by atoms with E-state index in [1.807, 2.05) is 0 Å². The summed E-state index contributed by atoms with van der Waals surface area (Å²) in [5.41, 5.74) is 2.98. The van der Waals surface area contributed by atoms with Gasteiger partial charge in [0, 0.05) is 0 Å². The summed E-state index contributed by atoms with van der Waals surface area (Å²) >= 11 is 0. The van der Waals surface area contributed by atoms with E-state index in [1.165, 1.54) is 69.8 Å². The third kappa shape index (κ3) is 4.07. The van der Waals surface area contributed by atoms with Crippen molar-refractivity contribution < 1.29 is 4.84 Å². The van der Waals surface area contributed by atoms with Crippen molar-refractivity contribution in [2.24, 2.45) is 0 Å². The molecule has 0 radical (unpaired) electrons. The molecule has 2 heteroatoms. The number of benzene rings is 1. The monoisotopic (exact) mass is 355 g/mol. The molecule has 3 rings (SSSR count). The molecule has 2 heterocycles. The van der Waals surface area contributed by atoms with E-state index in [-0.39, 0.29) is 5.54 Å². The summed E-state index contributed by atoms with van der Waals surface area (Å²) in [7, 11) is 0. The molecular formula is C24H37NO. The maximum Gasteiger partial charge on any atom is 0.102 e. The molecule has 26 heavy (non-hydrogen) atoms. The van der Waals surface area contributed by atoms with E-state index >= 15 is 0 Å². The molecule has 1 aromatic carbocycles. The van der Waals surface area contributed by atoms with Crippen molar-refractivity contribution in [2.75, 3.05) is 0 Å². The van der Waals surface area contributed by atoms with Crippen LogP contribution in [0, 0.1) is 0 Å². The smallest absolute Gasteiger partial charge is 0.102 e. The topological polar surface area (TPSA) is 12.5 Å². The Bertz CT molecular complexity index is 581. The lowest BCUT2D eigenvalue weighted by atomic mass is 9.90. The predicted octanol–water partition coefficient (Wildman–Crippen LogP) is 6.77. The molecule has 2 aliphatic rings. The fourth-order valence-corrected chi connectivity index (χ4v) is 4.69. The maximum absolute atomic E-state index is 6.64. The Morgan fingerprint density at radius 3 is 2.54 bits per heavy atom. The zero-order chi connectivity index (χ0) is 18.4.